The normalized spacial score (nSPS) is 14.4. The molecule has 0 amide bonds. The highest BCUT2D eigenvalue weighted by Crippen LogP contribution is 2.32. The number of benzene rings is 3. The maximum Gasteiger partial charge on any atom is 0.102 e. The van der Waals surface area contributed by atoms with Crippen molar-refractivity contribution in [3.8, 4) is 0 Å². The standard InChI is InChI=1S/C27H29NO/c1-3-13-25(21-20-22-14-7-4-8-15-22)28-26(23-16-9-5-10-17-23)27(29-2)24-18-11-6-12-19-24/h3-12,14-21,25-28H,1,13H2,2H3/b21-20+/t25-,26+,27-/m0/s1. The maximum absolute atomic E-state index is 5.98. The zero-order chi connectivity index (χ0) is 20.3. The molecule has 0 aromatic heterocycles. The van der Waals surface area contributed by atoms with E-state index in [0.29, 0.717) is 0 Å². The van der Waals surface area contributed by atoms with Gasteiger partial charge in [-0.15, -0.1) is 6.58 Å². The van der Waals surface area contributed by atoms with E-state index < -0.39 is 0 Å². The smallest absolute Gasteiger partial charge is 0.102 e. The molecule has 0 fully saturated rings. The Morgan fingerprint density at radius 3 is 1.93 bits per heavy atom. The molecule has 0 aliphatic heterocycles. The lowest BCUT2D eigenvalue weighted by Crippen LogP contribution is -2.35. The molecule has 3 aromatic rings. The first-order valence-corrected chi connectivity index (χ1v) is 10.0. The summed E-state index contributed by atoms with van der Waals surface area (Å²) in [6.45, 7) is 3.95. The molecule has 3 atom stereocenters. The Labute approximate surface area is 174 Å². The van der Waals surface area contributed by atoms with Gasteiger partial charge in [0.25, 0.3) is 0 Å². The number of hydrogen-bond acceptors (Lipinski definition) is 2. The minimum atomic E-state index is -0.101. The van der Waals surface area contributed by atoms with Crippen molar-refractivity contribution >= 4 is 6.08 Å². The van der Waals surface area contributed by atoms with Gasteiger partial charge >= 0.3 is 0 Å². The lowest BCUT2D eigenvalue weighted by molar-refractivity contribution is 0.0651. The van der Waals surface area contributed by atoms with Crippen molar-refractivity contribution in [2.45, 2.75) is 24.6 Å². The van der Waals surface area contributed by atoms with Crippen LogP contribution in [0.5, 0.6) is 0 Å². The summed E-state index contributed by atoms with van der Waals surface area (Å²) < 4.78 is 5.98. The second kappa shape index (κ2) is 11.2. The van der Waals surface area contributed by atoms with Gasteiger partial charge in [0.2, 0.25) is 0 Å². The largest absolute Gasteiger partial charge is 0.375 e. The molecule has 0 radical (unpaired) electrons. The van der Waals surface area contributed by atoms with Gasteiger partial charge < -0.3 is 10.1 Å². The van der Waals surface area contributed by atoms with Crippen molar-refractivity contribution < 1.29 is 4.74 Å². The summed E-state index contributed by atoms with van der Waals surface area (Å²) >= 11 is 0. The van der Waals surface area contributed by atoms with Crippen LogP contribution in [-0.4, -0.2) is 13.2 Å². The van der Waals surface area contributed by atoms with Crippen LogP contribution in [0.25, 0.3) is 6.08 Å². The Hall–Kier alpha value is -2.94. The van der Waals surface area contributed by atoms with E-state index in [0.717, 1.165) is 12.0 Å². The van der Waals surface area contributed by atoms with Gasteiger partial charge in [-0.3, -0.25) is 0 Å². The van der Waals surface area contributed by atoms with E-state index in [2.05, 4.69) is 96.8 Å². The van der Waals surface area contributed by atoms with E-state index in [1.807, 2.05) is 24.3 Å². The topological polar surface area (TPSA) is 21.3 Å². The van der Waals surface area contributed by atoms with Crippen molar-refractivity contribution in [1.29, 1.82) is 0 Å². The number of nitrogens with one attached hydrogen (secondary N) is 1. The molecular weight excluding hydrogens is 354 g/mol. The van der Waals surface area contributed by atoms with Crippen molar-refractivity contribution in [2.24, 2.45) is 0 Å². The zero-order valence-corrected chi connectivity index (χ0v) is 16.9. The van der Waals surface area contributed by atoms with Crippen LogP contribution >= 0.6 is 0 Å². The molecule has 0 spiro atoms. The van der Waals surface area contributed by atoms with E-state index in [-0.39, 0.29) is 18.2 Å². The van der Waals surface area contributed by atoms with Gasteiger partial charge in [0, 0.05) is 13.2 Å². The molecule has 0 unspecified atom stereocenters. The fourth-order valence-electron chi connectivity index (χ4n) is 3.53. The summed E-state index contributed by atoms with van der Waals surface area (Å²) in [7, 11) is 1.78. The SMILES string of the molecule is C=CC[C@@H](/C=C/c1ccccc1)N[C@H](c1ccccc1)[C@@H](OC)c1ccccc1. The highest BCUT2D eigenvalue weighted by atomic mass is 16.5. The minimum absolute atomic E-state index is 0.00831. The summed E-state index contributed by atoms with van der Waals surface area (Å²) in [5.41, 5.74) is 3.54. The molecule has 2 heteroatoms. The molecule has 1 N–H and O–H groups in total. The predicted octanol–water partition coefficient (Wildman–Crippen LogP) is 6.36. The van der Waals surface area contributed by atoms with Gasteiger partial charge in [-0.25, -0.2) is 0 Å². The number of ether oxygens (including phenoxy) is 1. The third-order valence-corrected chi connectivity index (χ3v) is 4.98. The minimum Gasteiger partial charge on any atom is -0.375 e. The van der Waals surface area contributed by atoms with Crippen molar-refractivity contribution in [1.82, 2.24) is 5.32 Å². The van der Waals surface area contributed by atoms with Gasteiger partial charge in [0.05, 0.1) is 6.04 Å². The van der Waals surface area contributed by atoms with Gasteiger partial charge in [0.15, 0.2) is 0 Å². The van der Waals surface area contributed by atoms with E-state index in [4.69, 9.17) is 4.74 Å². The van der Waals surface area contributed by atoms with Crippen LogP contribution < -0.4 is 5.32 Å². The Kier molecular flexibility index (Phi) is 8.00. The molecule has 0 heterocycles. The Bertz CT molecular complexity index is 874. The summed E-state index contributed by atoms with van der Waals surface area (Å²) in [5.74, 6) is 0. The molecule has 0 saturated heterocycles. The van der Waals surface area contributed by atoms with Gasteiger partial charge in [-0.1, -0.05) is 109 Å². The first-order valence-electron chi connectivity index (χ1n) is 10.0. The maximum atomic E-state index is 5.98. The molecule has 0 aliphatic carbocycles. The highest BCUT2D eigenvalue weighted by molar-refractivity contribution is 5.49. The number of hydrogen-bond donors (Lipinski definition) is 1. The second-order valence-electron chi connectivity index (χ2n) is 7.02. The molecule has 148 valence electrons. The quantitative estimate of drug-likeness (QED) is 0.411. The molecule has 29 heavy (non-hydrogen) atoms. The third kappa shape index (κ3) is 6.02. The van der Waals surface area contributed by atoms with Crippen LogP contribution in [0.1, 0.15) is 35.3 Å². The first kappa shape index (κ1) is 20.8. The number of methoxy groups -OCH3 is 1. The van der Waals surface area contributed by atoms with E-state index in [1.165, 1.54) is 11.1 Å². The molecule has 3 rings (SSSR count). The summed E-state index contributed by atoms with van der Waals surface area (Å²) in [6.07, 6.45) is 7.06. The molecule has 3 aromatic carbocycles. The monoisotopic (exact) mass is 383 g/mol. The average Bonchev–Trinajstić information content (AvgIpc) is 2.79. The van der Waals surface area contributed by atoms with Crippen LogP contribution in [0.3, 0.4) is 0 Å². The fraction of sp³-hybridized carbons (Fsp3) is 0.185. The van der Waals surface area contributed by atoms with Crippen LogP contribution in [0.4, 0.5) is 0 Å². The Morgan fingerprint density at radius 1 is 0.828 bits per heavy atom. The van der Waals surface area contributed by atoms with Crippen LogP contribution in [0.2, 0.25) is 0 Å². The van der Waals surface area contributed by atoms with E-state index in [1.54, 1.807) is 7.11 Å². The third-order valence-electron chi connectivity index (χ3n) is 4.98. The summed E-state index contributed by atoms with van der Waals surface area (Å²) in [4.78, 5) is 0. The van der Waals surface area contributed by atoms with Gasteiger partial charge in [-0.2, -0.15) is 0 Å². The second-order valence-corrected chi connectivity index (χ2v) is 7.02. The van der Waals surface area contributed by atoms with Gasteiger partial charge in [0.1, 0.15) is 6.10 Å². The fourth-order valence-corrected chi connectivity index (χ4v) is 3.53. The van der Waals surface area contributed by atoms with Crippen LogP contribution in [-0.2, 0) is 4.74 Å². The molecule has 0 saturated carbocycles. The summed E-state index contributed by atoms with van der Waals surface area (Å²) in [6, 6.07) is 31.4. The predicted molar refractivity (Wildman–Crippen MR) is 123 cm³/mol. The zero-order valence-electron chi connectivity index (χ0n) is 16.9. The van der Waals surface area contributed by atoms with E-state index >= 15 is 0 Å². The van der Waals surface area contributed by atoms with Crippen molar-refractivity contribution in [3.63, 3.8) is 0 Å². The number of rotatable bonds is 10. The van der Waals surface area contributed by atoms with Crippen molar-refractivity contribution in [2.75, 3.05) is 7.11 Å². The molecule has 2 nitrogen and oxygen atoms in total. The molecular formula is C27H29NO. The molecule has 0 aliphatic rings. The molecule has 0 bridgehead atoms. The lowest BCUT2D eigenvalue weighted by atomic mass is 9.94. The van der Waals surface area contributed by atoms with Crippen molar-refractivity contribution in [3.05, 3.63) is 126 Å². The van der Waals surface area contributed by atoms with Crippen LogP contribution in [0, 0.1) is 0 Å². The van der Waals surface area contributed by atoms with Crippen LogP contribution in [0.15, 0.2) is 110 Å². The Morgan fingerprint density at radius 2 is 1.38 bits per heavy atom. The van der Waals surface area contributed by atoms with Gasteiger partial charge in [-0.05, 0) is 23.1 Å². The highest BCUT2D eigenvalue weighted by Gasteiger charge is 2.26. The lowest BCUT2D eigenvalue weighted by Gasteiger charge is -2.31. The van der Waals surface area contributed by atoms with E-state index in [9.17, 15) is 0 Å². The average molecular weight is 384 g/mol. The Balaban J connectivity index is 1.90. The summed E-state index contributed by atoms with van der Waals surface area (Å²) in [5, 5.41) is 3.81. The first-order chi connectivity index (χ1) is 14.3.